The van der Waals surface area contributed by atoms with Crippen molar-refractivity contribution in [1.29, 1.82) is 0 Å². The van der Waals surface area contributed by atoms with Crippen molar-refractivity contribution >= 4 is 23.4 Å². The van der Waals surface area contributed by atoms with Crippen LogP contribution in [0.15, 0.2) is 42.5 Å². The largest absolute Gasteiger partial charge is 0.493 e. The lowest BCUT2D eigenvalue weighted by Gasteiger charge is -2.21. The van der Waals surface area contributed by atoms with Gasteiger partial charge in [-0.2, -0.15) is 0 Å². The van der Waals surface area contributed by atoms with Crippen molar-refractivity contribution < 1.29 is 19.1 Å². The van der Waals surface area contributed by atoms with E-state index in [2.05, 4.69) is 5.32 Å². The molecule has 27 heavy (non-hydrogen) atoms. The second-order valence-electron chi connectivity index (χ2n) is 5.93. The Labute approximate surface area is 164 Å². The first kappa shape index (κ1) is 20.6. The minimum atomic E-state index is -0.259. The summed E-state index contributed by atoms with van der Waals surface area (Å²) in [5.41, 5.74) is 1.66. The number of carbonyl (C=O) groups excluding carboxylic acids is 2. The normalized spacial score (nSPS) is 10.2. The molecule has 7 heteroatoms. The fraction of sp³-hybridized carbons (Fsp3) is 0.300. The number of carbonyl (C=O) groups is 2. The second kappa shape index (κ2) is 9.83. The molecule has 0 atom stereocenters. The van der Waals surface area contributed by atoms with Gasteiger partial charge in [0.2, 0.25) is 11.8 Å². The summed E-state index contributed by atoms with van der Waals surface area (Å²) in [7, 11) is 3.11. The number of rotatable bonds is 8. The zero-order valence-electron chi connectivity index (χ0n) is 15.6. The van der Waals surface area contributed by atoms with Gasteiger partial charge in [0.25, 0.3) is 0 Å². The zero-order valence-corrected chi connectivity index (χ0v) is 16.4. The van der Waals surface area contributed by atoms with Crippen molar-refractivity contribution in [2.24, 2.45) is 0 Å². The molecule has 0 bridgehead atoms. The minimum absolute atomic E-state index is 0.0475. The van der Waals surface area contributed by atoms with Gasteiger partial charge in [-0.15, -0.1) is 0 Å². The van der Waals surface area contributed by atoms with Crippen LogP contribution in [0.2, 0.25) is 5.02 Å². The lowest BCUT2D eigenvalue weighted by molar-refractivity contribution is -0.135. The Balaban J connectivity index is 2.00. The van der Waals surface area contributed by atoms with E-state index in [1.807, 2.05) is 24.3 Å². The van der Waals surface area contributed by atoms with Crippen LogP contribution in [0.4, 0.5) is 0 Å². The van der Waals surface area contributed by atoms with Crippen molar-refractivity contribution in [2.45, 2.75) is 20.0 Å². The maximum atomic E-state index is 12.3. The van der Waals surface area contributed by atoms with Gasteiger partial charge in [0.15, 0.2) is 11.5 Å². The number of nitrogens with one attached hydrogen (secondary N) is 1. The third kappa shape index (κ3) is 5.89. The smallest absolute Gasteiger partial charge is 0.239 e. The Morgan fingerprint density at radius 3 is 2.41 bits per heavy atom. The van der Waals surface area contributed by atoms with Crippen LogP contribution >= 0.6 is 11.6 Å². The Kier molecular flexibility index (Phi) is 7.49. The van der Waals surface area contributed by atoms with Gasteiger partial charge in [0.05, 0.1) is 20.8 Å². The number of hydrogen-bond acceptors (Lipinski definition) is 4. The summed E-state index contributed by atoms with van der Waals surface area (Å²) in [4.78, 5) is 25.7. The SMILES string of the molecule is COc1ccc(CN(CC(=O)NCc2ccccc2Cl)C(C)=O)cc1OC. The Bertz CT molecular complexity index is 810. The number of halogens is 1. The van der Waals surface area contributed by atoms with Crippen LogP contribution in [0.1, 0.15) is 18.1 Å². The highest BCUT2D eigenvalue weighted by molar-refractivity contribution is 6.31. The molecule has 0 unspecified atom stereocenters. The van der Waals surface area contributed by atoms with Gasteiger partial charge in [-0.3, -0.25) is 9.59 Å². The van der Waals surface area contributed by atoms with Gasteiger partial charge in [-0.1, -0.05) is 35.9 Å². The summed E-state index contributed by atoms with van der Waals surface area (Å²) in [5.74, 6) is 0.720. The van der Waals surface area contributed by atoms with Crippen LogP contribution in [0.25, 0.3) is 0 Å². The highest BCUT2D eigenvalue weighted by atomic mass is 35.5. The molecular formula is C20H23ClN2O4. The first-order valence-electron chi connectivity index (χ1n) is 8.41. The molecule has 1 N–H and O–H groups in total. The van der Waals surface area contributed by atoms with Gasteiger partial charge in [0.1, 0.15) is 0 Å². The van der Waals surface area contributed by atoms with Crippen LogP contribution in [0.5, 0.6) is 11.5 Å². The standard InChI is InChI=1S/C20H23ClN2O4/c1-14(24)23(12-15-8-9-18(26-2)19(10-15)27-3)13-20(25)22-11-16-6-4-5-7-17(16)21/h4-10H,11-13H2,1-3H3,(H,22,25). The molecule has 0 heterocycles. The van der Waals surface area contributed by atoms with Gasteiger partial charge in [-0.25, -0.2) is 0 Å². The molecule has 0 fully saturated rings. The van der Waals surface area contributed by atoms with E-state index in [9.17, 15) is 9.59 Å². The summed E-state index contributed by atoms with van der Waals surface area (Å²) >= 11 is 6.09. The first-order valence-corrected chi connectivity index (χ1v) is 8.79. The lowest BCUT2D eigenvalue weighted by atomic mass is 10.2. The number of hydrogen-bond donors (Lipinski definition) is 1. The van der Waals surface area contributed by atoms with Gasteiger partial charge in [-0.05, 0) is 29.3 Å². The molecular weight excluding hydrogens is 368 g/mol. The van der Waals surface area contributed by atoms with Crippen LogP contribution < -0.4 is 14.8 Å². The summed E-state index contributed by atoms with van der Waals surface area (Å²) in [6.07, 6.45) is 0. The highest BCUT2D eigenvalue weighted by Crippen LogP contribution is 2.28. The molecule has 0 spiro atoms. The minimum Gasteiger partial charge on any atom is -0.493 e. The summed E-state index contributed by atoms with van der Waals surface area (Å²) in [6.45, 7) is 1.98. The zero-order chi connectivity index (χ0) is 19.8. The molecule has 0 aliphatic heterocycles. The molecule has 0 aliphatic rings. The molecule has 2 amide bonds. The number of methoxy groups -OCH3 is 2. The summed E-state index contributed by atoms with van der Waals surface area (Å²) in [6, 6.07) is 12.7. The third-order valence-electron chi connectivity index (χ3n) is 4.04. The van der Waals surface area contributed by atoms with E-state index >= 15 is 0 Å². The number of amides is 2. The molecule has 0 saturated heterocycles. The number of ether oxygens (including phenoxy) is 2. The summed E-state index contributed by atoms with van der Waals surface area (Å²) < 4.78 is 10.5. The van der Waals surface area contributed by atoms with E-state index in [0.29, 0.717) is 23.1 Å². The molecule has 0 saturated carbocycles. The van der Waals surface area contributed by atoms with E-state index in [0.717, 1.165) is 11.1 Å². The molecule has 2 aromatic rings. The van der Waals surface area contributed by atoms with Gasteiger partial charge >= 0.3 is 0 Å². The van der Waals surface area contributed by atoms with Crippen molar-refractivity contribution in [3.8, 4) is 11.5 Å². The molecule has 2 rings (SSSR count). The van der Waals surface area contributed by atoms with Gasteiger partial charge in [0, 0.05) is 25.0 Å². The summed E-state index contributed by atoms with van der Waals surface area (Å²) in [5, 5.41) is 3.38. The van der Waals surface area contributed by atoms with E-state index in [4.69, 9.17) is 21.1 Å². The van der Waals surface area contributed by atoms with Crippen molar-refractivity contribution in [1.82, 2.24) is 10.2 Å². The quantitative estimate of drug-likeness (QED) is 0.752. The maximum Gasteiger partial charge on any atom is 0.239 e. The van der Waals surface area contributed by atoms with E-state index < -0.39 is 0 Å². The molecule has 0 aromatic heterocycles. The molecule has 6 nitrogen and oxygen atoms in total. The third-order valence-corrected chi connectivity index (χ3v) is 4.40. The lowest BCUT2D eigenvalue weighted by Crippen LogP contribution is -2.39. The highest BCUT2D eigenvalue weighted by Gasteiger charge is 2.15. The molecule has 2 aromatic carbocycles. The fourth-order valence-corrected chi connectivity index (χ4v) is 2.75. The Hall–Kier alpha value is -2.73. The maximum absolute atomic E-state index is 12.3. The molecule has 0 aliphatic carbocycles. The number of nitrogens with zero attached hydrogens (tertiary/aromatic N) is 1. The van der Waals surface area contributed by atoms with Crippen LogP contribution in [-0.4, -0.2) is 37.5 Å². The van der Waals surface area contributed by atoms with E-state index in [1.165, 1.54) is 11.8 Å². The average Bonchev–Trinajstić information content (AvgIpc) is 2.66. The first-order chi connectivity index (χ1) is 12.9. The van der Waals surface area contributed by atoms with Crippen molar-refractivity contribution in [3.63, 3.8) is 0 Å². The fourth-order valence-electron chi connectivity index (χ4n) is 2.54. The predicted octanol–water partition coefficient (Wildman–Crippen LogP) is 3.02. The van der Waals surface area contributed by atoms with Crippen LogP contribution in [0, 0.1) is 0 Å². The Morgan fingerprint density at radius 1 is 1.07 bits per heavy atom. The van der Waals surface area contributed by atoms with Gasteiger partial charge < -0.3 is 19.7 Å². The monoisotopic (exact) mass is 390 g/mol. The predicted molar refractivity (Wildman–Crippen MR) is 104 cm³/mol. The van der Waals surface area contributed by atoms with Crippen LogP contribution in [0.3, 0.4) is 0 Å². The van der Waals surface area contributed by atoms with E-state index in [1.54, 1.807) is 32.4 Å². The average molecular weight is 391 g/mol. The van der Waals surface area contributed by atoms with Crippen molar-refractivity contribution in [2.75, 3.05) is 20.8 Å². The Morgan fingerprint density at radius 2 is 1.78 bits per heavy atom. The van der Waals surface area contributed by atoms with E-state index in [-0.39, 0.29) is 24.9 Å². The van der Waals surface area contributed by atoms with Crippen LogP contribution in [-0.2, 0) is 22.7 Å². The second-order valence-corrected chi connectivity index (χ2v) is 6.34. The number of benzene rings is 2. The topological polar surface area (TPSA) is 67.9 Å². The van der Waals surface area contributed by atoms with Crippen molar-refractivity contribution in [3.05, 3.63) is 58.6 Å². The molecule has 144 valence electrons. The molecule has 0 radical (unpaired) electrons.